The van der Waals surface area contributed by atoms with Crippen LogP contribution in [-0.4, -0.2) is 20.9 Å². The first-order valence-electron chi connectivity index (χ1n) is 7.85. The molecule has 1 amide bonds. The van der Waals surface area contributed by atoms with Crippen LogP contribution in [0.25, 0.3) is 0 Å². The van der Waals surface area contributed by atoms with Crippen molar-refractivity contribution in [2.45, 2.75) is 33.3 Å². The largest absolute Gasteiger partial charge is 0.382 e. The average Bonchev–Trinajstić information content (AvgIpc) is 2.52. The Morgan fingerprint density at radius 3 is 2.56 bits per heavy atom. The van der Waals surface area contributed by atoms with Crippen molar-refractivity contribution in [3.63, 3.8) is 0 Å². The molecule has 6 heteroatoms. The van der Waals surface area contributed by atoms with Gasteiger partial charge in [-0.15, -0.1) is 0 Å². The second kappa shape index (κ2) is 7.60. The molecule has 132 valence electrons. The first-order chi connectivity index (χ1) is 11.6. The number of primary amides is 1. The van der Waals surface area contributed by atoms with Gasteiger partial charge in [0, 0.05) is 16.6 Å². The average molecular weight is 377 g/mol. The van der Waals surface area contributed by atoms with Crippen LogP contribution in [0.1, 0.15) is 49.3 Å². The molecule has 2 aromatic rings. The molecular weight excluding hydrogens is 356 g/mol. The van der Waals surface area contributed by atoms with Crippen molar-refractivity contribution in [2.24, 2.45) is 11.1 Å². The number of aliphatic hydroxyl groups excluding tert-OH is 1. The van der Waals surface area contributed by atoms with Gasteiger partial charge in [-0.25, -0.2) is 0 Å². The molecule has 0 bridgehead atoms. The number of rotatable bonds is 5. The Balaban J connectivity index is 2.40. The normalized spacial score (nSPS) is 12.7. The van der Waals surface area contributed by atoms with Gasteiger partial charge in [-0.05, 0) is 22.6 Å². The number of halogens is 1. The smallest absolute Gasteiger partial charge is 0.221 e. The molecule has 1 aromatic heterocycles. The summed E-state index contributed by atoms with van der Waals surface area (Å²) in [6.07, 6.45) is 0.603. The highest BCUT2D eigenvalue weighted by molar-refractivity contribution is 7.81. The lowest BCUT2D eigenvalue weighted by Gasteiger charge is -2.21. The van der Waals surface area contributed by atoms with Crippen LogP contribution in [0.2, 0.25) is 5.02 Å². The summed E-state index contributed by atoms with van der Waals surface area (Å²) in [4.78, 5) is 16.3. The van der Waals surface area contributed by atoms with Gasteiger partial charge in [-0.2, -0.15) is 0 Å². The zero-order valence-electron chi connectivity index (χ0n) is 14.4. The molecule has 2 rings (SSSR count). The number of nitrogens with two attached hydrogens (primary N) is 1. The minimum absolute atomic E-state index is 0.0387. The van der Waals surface area contributed by atoms with E-state index in [9.17, 15) is 9.90 Å². The number of aliphatic hydroxyl groups is 1. The number of carbonyl (C=O) groups excluding carboxylic acids is 1. The summed E-state index contributed by atoms with van der Waals surface area (Å²) in [7, 11) is 0. The van der Waals surface area contributed by atoms with Crippen LogP contribution >= 0.6 is 23.8 Å². The molecule has 1 aromatic carbocycles. The minimum atomic E-state index is -1.06. The maximum Gasteiger partial charge on any atom is 0.221 e. The molecule has 0 saturated carbocycles. The van der Waals surface area contributed by atoms with Gasteiger partial charge in [0.2, 0.25) is 5.91 Å². The van der Waals surface area contributed by atoms with Crippen molar-refractivity contribution >= 4 is 34.6 Å². The van der Waals surface area contributed by atoms with Crippen molar-refractivity contribution < 1.29 is 9.90 Å². The summed E-state index contributed by atoms with van der Waals surface area (Å²) in [5.41, 5.74) is 7.38. The second-order valence-electron chi connectivity index (χ2n) is 6.91. The third-order valence-electron chi connectivity index (χ3n) is 3.79. The van der Waals surface area contributed by atoms with E-state index >= 15 is 0 Å². The Kier molecular flexibility index (Phi) is 5.93. The second-order valence-corrected chi connectivity index (χ2v) is 7.73. The monoisotopic (exact) mass is 376 g/mol. The van der Waals surface area contributed by atoms with Crippen molar-refractivity contribution in [1.29, 1.82) is 0 Å². The third kappa shape index (κ3) is 4.63. The molecule has 25 heavy (non-hydrogen) atoms. The molecule has 1 unspecified atom stereocenters. The van der Waals surface area contributed by atoms with E-state index in [-0.39, 0.29) is 11.8 Å². The first kappa shape index (κ1) is 19.5. The first-order valence-corrected chi connectivity index (χ1v) is 8.64. The molecule has 0 aliphatic carbocycles. The van der Waals surface area contributed by atoms with Crippen LogP contribution in [0.3, 0.4) is 0 Å². The standard InChI is InChI=1S/C19H21ClN2O2S/c1-19(2,3)18(25)12-8-14(20)16(22-10-12)17(24)13-7-5-4-6-11(13)9-15(21)23/h4-8,10,17,24H,9H2,1-3H3,(H2,21,23). The van der Waals surface area contributed by atoms with E-state index in [0.717, 1.165) is 10.4 Å². The molecule has 0 radical (unpaired) electrons. The topological polar surface area (TPSA) is 76.2 Å². The predicted molar refractivity (Wildman–Crippen MR) is 104 cm³/mol. The maximum atomic E-state index is 11.2. The third-order valence-corrected chi connectivity index (χ3v) is 4.94. The van der Waals surface area contributed by atoms with Crippen LogP contribution in [0, 0.1) is 5.41 Å². The number of carbonyl (C=O) groups is 1. The zero-order valence-corrected chi connectivity index (χ0v) is 16.0. The summed E-state index contributed by atoms with van der Waals surface area (Å²) in [6.45, 7) is 6.06. The van der Waals surface area contributed by atoms with Crippen LogP contribution in [-0.2, 0) is 11.2 Å². The Hall–Kier alpha value is -1.82. The highest BCUT2D eigenvalue weighted by atomic mass is 35.5. The molecular formula is C19H21ClN2O2S. The van der Waals surface area contributed by atoms with Gasteiger partial charge in [0.05, 0.1) is 17.1 Å². The fraction of sp³-hybridized carbons (Fsp3) is 0.316. The van der Waals surface area contributed by atoms with Gasteiger partial charge in [-0.1, -0.05) is 68.9 Å². The van der Waals surface area contributed by atoms with E-state index in [1.54, 1.807) is 36.5 Å². The van der Waals surface area contributed by atoms with E-state index in [1.807, 2.05) is 20.8 Å². The number of benzene rings is 1. The van der Waals surface area contributed by atoms with Gasteiger partial charge in [0.25, 0.3) is 0 Å². The van der Waals surface area contributed by atoms with Gasteiger partial charge in [-0.3, -0.25) is 9.78 Å². The lowest BCUT2D eigenvalue weighted by Crippen LogP contribution is -2.20. The van der Waals surface area contributed by atoms with E-state index in [2.05, 4.69) is 4.98 Å². The van der Waals surface area contributed by atoms with Crippen molar-refractivity contribution in [3.05, 3.63) is 63.9 Å². The van der Waals surface area contributed by atoms with Gasteiger partial charge < -0.3 is 10.8 Å². The number of amides is 1. The Bertz CT molecular complexity index is 815. The van der Waals surface area contributed by atoms with E-state index in [1.165, 1.54) is 0 Å². The van der Waals surface area contributed by atoms with E-state index in [0.29, 0.717) is 21.8 Å². The highest BCUT2D eigenvalue weighted by Crippen LogP contribution is 2.31. The predicted octanol–water partition coefficient (Wildman–Crippen LogP) is 3.61. The molecule has 0 aliphatic rings. The summed E-state index contributed by atoms with van der Waals surface area (Å²) < 4.78 is 0. The lowest BCUT2D eigenvalue weighted by molar-refractivity contribution is -0.117. The fourth-order valence-corrected chi connectivity index (χ4v) is 2.89. The van der Waals surface area contributed by atoms with E-state index in [4.69, 9.17) is 29.6 Å². The SMILES string of the molecule is CC(C)(C)C(=S)c1cnc(C(O)c2ccccc2CC(N)=O)c(Cl)c1. The number of hydrogen-bond acceptors (Lipinski definition) is 4. The number of nitrogens with zero attached hydrogens (tertiary/aromatic N) is 1. The quantitative estimate of drug-likeness (QED) is 0.617. The molecule has 1 heterocycles. The number of hydrogen-bond donors (Lipinski definition) is 2. The molecule has 1 atom stereocenters. The fourth-order valence-electron chi connectivity index (χ4n) is 2.50. The Labute approximate surface area is 158 Å². The Morgan fingerprint density at radius 1 is 1.36 bits per heavy atom. The van der Waals surface area contributed by atoms with Gasteiger partial charge in [0.1, 0.15) is 6.10 Å². The van der Waals surface area contributed by atoms with Gasteiger partial charge in [0.15, 0.2) is 0 Å². The van der Waals surface area contributed by atoms with Gasteiger partial charge >= 0.3 is 0 Å². The summed E-state index contributed by atoms with van der Waals surface area (Å²) in [5, 5.41) is 11.0. The lowest BCUT2D eigenvalue weighted by atomic mass is 9.88. The van der Waals surface area contributed by atoms with Crippen LogP contribution in [0.4, 0.5) is 0 Å². The Morgan fingerprint density at radius 2 is 2.00 bits per heavy atom. The molecule has 3 N–H and O–H groups in total. The number of aromatic nitrogens is 1. The van der Waals surface area contributed by atoms with E-state index < -0.39 is 12.0 Å². The molecule has 0 aliphatic heterocycles. The number of thiocarbonyl (C=S) groups is 1. The maximum absolute atomic E-state index is 11.2. The number of pyridine rings is 1. The van der Waals surface area contributed by atoms with Crippen molar-refractivity contribution in [2.75, 3.05) is 0 Å². The van der Waals surface area contributed by atoms with Crippen LogP contribution in [0.5, 0.6) is 0 Å². The van der Waals surface area contributed by atoms with Crippen LogP contribution < -0.4 is 5.73 Å². The zero-order chi connectivity index (χ0) is 18.8. The molecule has 0 fully saturated rings. The highest BCUT2D eigenvalue weighted by Gasteiger charge is 2.23. The van der Waals surface area contributed by atoms with Crippen LogP contribution in [0.15, 0.2) is 36.5 Å². The molecule has 0 spiro atoms. The minimum Gasteiger partial charge on any atom is -0.382 e. The van der Waals surface area contributed by atoms with Crippen molar-refractivity contribution in [3.8, 4) is 0 Å². The summed E-state index contributed by atoms with van der Waals surface area (Å²) in [5.74, 6) is -0.468. The summed E-state index contributed by atoms with van der Waals surface area (Å²) in [6, 6.07) is 8.76. The summed E-state index contributed by atoms with van der Waals surface area (Å²) >= 11 is 11.8. The molecule has 0 saturated heterocycles. The van der Waals surface area contributed by atoms with Crippen molar-refractivity contribution in [1.82, 2.24) is 4.98 Å². The molecule has 4 nitrogen and oxygen atoms in total.